The van der Waals surface area contributed by atoms with Gasteiger partial charge in [-0.25, -0.2) is 9.48 Å². The summed E-state index contributed by atoms with van der Waals surface area (Å²) in [5.41, 5.74) is 4.64. The minimum atomic E-state index is -0.634. The first-order valence-corrected chi connectivity index (χ1v) is 10.3. The van der Waals surface area contributed by atoms with Crippen molar-refractivity contribution in [1.82, 2.24) is 9.78 Å². The number of hydrogen-bond acceptors (Lipinski definition) is 5. The van der Waals surface area contributed by atoms with Crippen LogP contribution in [0.25, 0.3) is 11.8 Å². The van der Waals surface area contributed by atoms with Gasteiger partial charge in [0.05, 0.1) is 24.2 Å². The van der Waals surface area contributed by atoms with E-state index >= 15 is 0 Å². The molecule has 32 heavy (non-hydrogen) atoms. The van der Waals surface area contributed by atoms with Crippen LogP contribution in [-0.4, -0.2) is 35.4 Å². The average Bonchev–Trinajstić information content (AvgIpc) is 3.07. The summed E-state index contributed by atoms with van der Waals surface area (Å²) in [5, 5.41) is 7.72. The number of rotatable bonds is 7. The van der Waals surface area contributed by atoms with Crippen LogP contribution >= 0.6 is 11.6 Å². The molecule has 0 aliphatic heterocycles. The number of aromatic nitrogens is 2. The quantitative estimate of drug-likeness (QED) is 0.415. The van der Waals surface area contributed by atoms with Crippen molar-refractivity contribution in [3.8, 4) is 11.4 Å². The third-order valence-electron chi connectivity index (χ3n) is 4.83. The SMILES string of the molecule is COc1cc(Cl)c(C)cc1NC(=O)COC(=O)/C=C/c1c(C)nn(-c2ccccc2)c1C. The van der Waals surface area contributed by atoms with Gasteiger partial charge < -0.3 is 14.8 Å². The molecule has 0 aliphatic carbocycles. The van der Waals surface area contributed by atoms with Crippen molar-refractivity contribution in [2.24, 2.45) is 0 Å². The number of para-hydroxylation sites is 1. The van der Waals surface area contributed by atoms with Crippen LogP contribution in [0.3, 0.4) is 0 Å². The molecule has 3 aromatic rings. The maximum atomic E-state index is 12.2. The molecule has 1 aromatic heterocycles. The summed E-state index contributed by atoms with van der Waals surface area (Å²) in [7, 11) is 1.48. The van der Waals surface area contributed by atoms with E-state index in [-0.39, 0.29) is 0 Å². The zero-order valence-corrected chi connectivity index (χ0v) is 19.1. The molecule has 0 fully saturated rings. The number of methoxy groups -OCH3 is 1. The molecule has 0 radical (unpaired) electrons. The molecule has 8 heteroatoms. The van der Waals surface area contributed by atoms with Crippen LogP contribution in [0, 0.1) is 20.8 Å². The van der Waals surface area contributed by atoms with Gasteiger partial charge in [0.15, 0.2) is 6.61 Å². The van der Waals surface area contributed by atoms with E-state index in [0.717, 1.165) is 28.2 Å². The minimum Gasteiger partial charge on any atom is -0.495 e. The van der Waals surface area contributed by atoms with Crippen molar-refractivity contribution in [3.05, 3.63) is 76.1 Å². The van der Waals surface area contributed by atoms with Gasteiger partial charge in [0.2, 0.25) is 0 Å². The van der Waals surface area contributed by atoms with E-state index in [0.29, 0.717) is 16.5 Å². The number of ether oxygens (including phenoxy) is 2. The topological polar surface area (TPSA) is 82.4 Å². The summed E-state index contributed by atoms with van der Waals surface area (Å²) < 4.78 is 12.1. The van der Waals surface area contributed by atoms with E-state index in [2.05, 4.69) is 10.4 Å². The number of nitrogens with zero attached hydrogens (tertiary/aromatic N) is 2. The fourth-order valence-corrected chi connectivity index (χ4v) is 3.32. The Hall–Kier alpha value is -3.58. The Kier molecular flexibility index (Phi) is 7.33. The number of nitrogens with one attached hydrogen (secondary N) is 1. The molecule has 3 rings (SSSR count). The Labute approximate surface area is 191 Å². The number of carbonyl (C=O) groups is 2. The molecule has 0 aliphatic rings. The number of anilines is 1. The highest BCUT2D eigenvalue weighted by Gasteiger charge is 2.13. The van der Waals surface area contributed by atoms with Crippen LogP contribution in [0.1, 0.15) is 22.5 Å². The number of benzene rings is 2. The zero-order valence-electron chi connectivity index (χ0n) is 18.3. The van der Waals surface area contributed by atoms with Crippen molar-refractivity contribution >= 4 is 35.2 Å². The molecule has 1 N–H and O–H groups in total. The van der Waals surface area contributed by atoms with Crippen LogP contribution in [0.4, 0.5) is 5.69 Å². The summed E-state index contributed by atoms with van der Waals surface area (Å²) in [4.78, 5) is 24.3. The lowest BCUT2D eigenvalue weighted by Gasteiger charge is -2.12. The molecule has 2 aromatic carbocycles. The predicted octanol–water partition coefficient (Wildman–Crippen LogP) is 4.65. The van der Waals surface area contributed by atoms with E-state index in [1.165, 1.54) is 13.2 Å². The van der Waals surface area contributed by atoms with Gasteiger partial charge in [-0.2, -0.15) is 5.10 Å². The van der Waals surface area contributed by atoms with Crippen LogP contribution in [0.5, 0.6) is 5.75 Å². The van der Waals surface area contributed by atoms with E-state index in [1.54, 1.807) is 18.2 Å². The molecular formula is C24H24ClN3O4. The number of aryl methyl sites for hydroxylation is 2. The molecule has 0 unspecified atom stereocenters. The lowest BCUT2D eigenvalue weighted by atomic mass is 10.2. The van der Waals surface area contributed by atoms with Gasteiger partial charge in [0.1, 0.15) is 5.75 Å². The molecular weight excluding hydrogens is 430 g/mol. The van der Waals surface area contributed by atoms with E-state index < -0.39 is 18.5 Å². The lowest BCUT2D eigenvalue weighted by molar-refractivity contribution is -0.142. The van der Waals surface area contributed by atoms with Gasteiger partial charge in [-0.1, -0.05) is 29.8 Å². The Morgan fingerprint density at radius 3 is 2.56 bits per heavy atom. The van der Waals surface area contributed by atoms with E-state index in [1.807, 2.05) is 55.8 Å². The maximum absolute atomic E-state index is 12.2. The summed E-state index contributed by atoms with van der Waals surface area (Å²) in [6, 6.07) is 13.0. The summed E-state index contributed by atoms with van der Waals surface area (Å²) in [5.74, 6) is -0.705. The van der Waals surface area contributed by atoms with Crippen molar-refractivity contribution in [2.75, 3.05) is 19.0 Å². The molecule has 0 atom stereocenters. The summed E-state index contributed by atoms with van der Waals surface area (Å²) in [6.45, 7) is 5.17. The normalized spacial score (nSPS) is 10.9. The van der Waals surface area contributed by atoms with Crippen molar-refractivity contribution < 1.29 is 19.1 Å². The highest BCUT2D eigenvalue weighted by molar-refractivity contribution is 6.31. The van der Waals surface area contributed by atoms with Gasteiger partial charge in [-0.15, -0.1) is 0 Å². The zero-order chi connectivity index (χ0) is 23.3. The van der Waals surface area contributed by atoms with Crippen LogP contribution in [0.15, 0.2) is 48.5 Å². The summed E-state index contributed by atoms with van der Waals surface area (Å²) in [6.07, 6.45) is 2.93. The maximum Gasteiger partial charge on any atom is 0.331 e. The van der Waals surface area contributed by atoms with Crippen LogP contribution < -0.4 is 10.1 Å². The smallest absolute Gasteiger partial charge is 0.331 e. The molecule has 0 saturated heterocycles. The third-order valence-corrected chi connectivity index (χ3v) is 5.24. The number of carbonyl (C=O) groups excluding carboxylic acids is 2. The van der Waals surface area contributed by atoms with Crippen molar-refractivity contribution in [3.63, 3.8) is 0 Å². The summed E-state index contributed by atoms with van der Waals surface area (Å²) >= 11 is 6.07. The standard InChI is InChI=1S/C24H24ClN3O4/c1-15-12-21(22(31-4)13-20(15)25)26-23(29)14-32-24(30)11-10-19-16(2)27-28(17(19)3)18-8-6-5-7-9-18/h5-13H,14H2,1-4H3,(H,26,29)/b11-10+. The molecule has 1 amide bonds. The third kappa shape index (κ3) is 5.36. The second-order valence-corrected chi connectivity index (χ2v) is 7.53. The van der Waals surface area contributed by atoms with Gasteiger partial charge in [0, 0.05) is 28.4 Å². The van der Waals surface area contributed by atoms with Crippen molar-refractivity contribution in [2.45, 2.75) is 20.8 Å². The molecule has 7 nitrogen and oxygen atoms in total. The van der Waals surface area contributed by atoms with Crippen molar-refractivity contribution in [1.29, 1.82) is 0 Å². The molecule has 0 saturated carbocycles. The Morgan fingerprint density at radius 2 is 1.88 bits per heavy atom. The highest BCUT2D eigenvalue weighted by atomic mass is 35.5. The van der Waals surface area contributed by atoms with E-state index in [4.69, 9.17) is 21.1 Å². The van der Waals surface area contributed by atoms with Gasteiger partial charge in [-0.05, 0) is 50.6 Å². The van der Waals surface area contributed by atoms with Gasteiger partial charge in [-0.3, -0.25) is 4.79 Å². The highest BCUT2D eigenvalue weighted by Crippen LogP contribution is 2.30. The monoisotopic (exact) mass is 453 g/mol. The predicted molar refractivity (Wildman–Crippen MR) is 124 cm³/mol. The largest absolute Gasteiger partial charge is 0.495 e. The fourth-order valence-electron chi connectivity index (χ4n) is 3.17. The molecule has 1 heterocycles. The fraction of sp³-hybridized carbons (Fsp3) is 0.208. The number of amides is 1. The Morgan fingerprint density at radius 1 is 1.16 bits per heavy atom. The lowest BCUT2D eigenvalue weighted by Crippen LogP contribution is -2.20. The molecule has 0 spiro atoms. The van der Waals surface area contributed by atoms with Gasteiger partial charge >= 0.3 is 5.97 Å². The Bertz CT molecular complexity index is 1170. The average molecular weight is 454 g/mol. The van der Waals surface area contributed by atoms with E-state index in [9.17, 15) is 9.59 Å². The van der Waals surface area contributed by atoms with Gasteiger partial charge in [0.25, 0.3) is 5.91 Å². The second-order valence-electron chi connectivity index (χ2n) is 7.12. The first kappa shape index (κ1) is 23.1. The second kappa shape index (κ2) is 10.2. The molecule has 0 bridgehead atoms. The number of hydrogen-bond donors (Lipinski definition) is 1. The number of esters is 1. The first-order chi connectivity index (χ1) is 15.3. The molecule has 166 valence electrons. The Balaban J connectivity index is 1.62. The van der Waals surface area contributed by atoms with Crippen LogP contribution in [0.2, 0.25) is 5.02 Å². The minimum absolute atomic E-state index is 0.418. The number of halogens is 1. The first-order valence-electron chi connectivity index (χ1n) is 9.90. The van der Waals surface area contributed by atoms with Crippen LogP contribution in [-0.2, 0) is 14.3 Å².